The van der Waals surface area contributed by atoms with Crippen LogP contribution in [0.15, 0.2) is 47.4 Å². The predicted octanol–water partition coefficient (Wildman–Crippen LogP) is 1.47. The number of nitrogens with zero attached hydrogens (tertiary/aromatic N) is 1. The van der Waals surface area contributed by atoms with Gasteiger partial charge in [0, 0.05) is 13.6 Å². The standard InChI is InChI=1S/C19H22N2O6S/c1-13-6-4-5-7-14(13)11-21(2)18(22)12-27-19(23)16-10-15(28(20,24)25)8-9-17(16)26-3/h4-10H,11-12H2,1-3H3,(H2,20,24,25). The van der Waals surface area contributed by atoms with Gasteiger partial charge >= 0.3 is 5.97 Å². The third-order valence-electron chi connectivity index (χ3n) is 4.14. The summed E-state index contributed by atoms with van der Waals surface area (Å²) >= 11 is 0. The molecule has 0 saturated heterocycles. The zero-order valence-corrected chi connectivity index (χ0v) is 16.7. The maximum Gasteiger partial charge on any atom is 0.342 e. The zero-order valence-electron chi connectivity index (χ0n) is 15.8. The molecule has 0 aromatic heterocycles. The van der Waals surface area contributed by atoms with Gasteiger partial charge in [-0.2, -0.15) is 0 Å². The second-order valence-corrected chi connectivity index (χ2v) is 7.72. The number of ether oxygens (including phenoxy) is 2. The number of carbonyl (C=O) groups is 2. The van der Waals surface area contributed by atoms with E-state index in [-0.39, 0.29) is 16.2 Å². The second kappa shape index (κ2) is 8.85. The normalized spacial score (nSPS) is 11.0. The summed E-state index contributed by atoms with van der Waals surface area (Å²) in [5.41, 5.74) is 1.89. The molecule has 8 nitrogen and oxygen atoms in total. The van der Waals surface area contributed by atoms with Gasteiger partial charge < -0.3 is 14.4 Å². The van der Waals surface area contributed by atoms with Crippen LogP contribution in [0.5, 0.6) is 5.75 Å². The van der Waals surface area contributed by atoms with Crippen molar-refractivity contribution in [1.82, 2.24) is 4.90 Å². The van der Waals surface area contributed by atoms with Gasteiger partial charge in [0.2, 0.25) is 10.0 Å². The summed E-state index contributed by atoms with van der Waals surface area (Å²) in [5, 5.41) is 5.08. The first-order chi connectivity index (χ1) is 13.1. The van der Waals surface area contributed by atoms with Crippen LogP contribution in [0.2, 0.25) is 0 Å². The van der Waals surface area contributed by atoms with Gasteiger partial charge in [0.25, 0.3) is 5.91 Å². The molecule has 28 heavy (non-hydrogen) atoms. The minimum atomic E-state index is -4.01. The van der Waals surface area contributed by atoms with Crippen LogP contribution in [0, 0.1) is 6.92 Å². The summed E-state index contributed by atoms with van der Waals surface area (Å²) in [6.07, 6.45) is 0. The summed E-state index contributed by atoms with van der Waals surface area (Å²) in [5.74, 6) is -1.18. The zero-order chi connectivity index (χ0) is 20.9. The van der Waals surface area contributed by atoms with Crippen LogP contribution in [-0.4, -0.2) is 46.0 Å². The molecule has 1 amide bonds. The minimum absolute atomic E-state index is 0.109. The smallest absolute Gasteiger partial charge is 0.342 e. The summed E-state index contributed by atoms with van der Waals surface area (Å²) in [6.45, 7) is 1.82. The van der Waals surface area contributed by atoms with Crippen LogP contribution in [0.3, 0.4) is 0 Å². The number of methoxy groups -OCH3 is 1. The third-order valence-corrected chi connectivity index (χ3v) is 5.05. The summed E-state index contributed by atoms with van der Waals surface area (Å²) < 4.78 is 33.1. The number of aryl methyl sites for hydroxylation is 1. The lowest BCUT2D eigenvalue weighted by atomic mass is 10.1. The Morgan fingerprint density at radius 3 is 2.43 bits per heavy atom. The van der Waals surface area contributed by atoms with Crippen LogP contribution in [0.4, 0.5) is 0 Å². The number of hydrogen-bond acceptors (Lipinski definition) is 6. The lowest BCUT2D eigenvalue weighted by molar-refractivity contribution is -0.133. The van der Waals surface area contributed by atoms with E-state index in [0.717, 1.165) is 17.2 Å². The molecule has 0 heterocycles. The van der Waals surface area contributed by atoms with E-state index in [0.29, 0.717) is 6.54 Å². The van der Waals surface area contributed by atoms with E-state index in [1.165, 1.54) is 24.1 Å². The number of likely N-dealkylation sites (N-methyl/N-ethyl adjacent to an activating group) is 1. The molecule has 150 valence electrons. The second-order valence-electron chi connectivity index (χ2n) is 6.16. The molecule has 2 rings (SSSR count). The Balaban J connectivity index is 2.07. The molecule has 0 fully saturated rings. The van der Waals surface area contributed by atoms with Crippen molar-refractivity contribution in [2.75, 3.05) is 20.8 Å². The van der Waals surface area contributed by atoms with Gasteiger partial charge in [-0.05, 0) is 36.2 Å². The summed E-state index contributed by atoms with van der Waals surface area (Å²) in [4.78, 5) is 25.8. The highest BCUT2D eigenvalue weighted by Crippen LogP contribution is 2.23. The monoisotopic (exact) mass is 406 g/mol. The van der Waals surface area contributed by atoms with E-state index in [1.807, 2.05) is 31.2 Å². The highest BCUT2D eigenvalue weighted by molar-refractivity contribution is 7.89. The van der Waals surface area contributed by atoms with Crippen molar-refractivity contribution >= 4 is 21.9 Å². The first-order valence-corrected chi connectivity index (χ1v) is 9.84. The number of hydrogen-bond donors (Lipinski definition) is 1. The van der Waals surface area contributed by atoms with Crippen molar-refractivity contribution in [3.05, 3.63) is 59.2 Å². The molecule has 0 atom stereocenters. The number of primary sulfonamides is 1. The first kappa shape index (κ1) is 21.4. The average molecular weight is 406 g/mol. The van der Waals surface area contributed by atoms with E-state index < -0.39 is 28.5 Å². The molecule has 0 spiro atoms. The van der Waals surface area contributed by atoms with Crippen molar-refractivity contribution in [3.63, 3.8) is 0 Å². The maximum absolute atomic E-state index is 12.3. The molecule has 0 aliphatic rings. The SMILES string of the molecule is COc1ccc(S(N)(=O)=O)cc1C(=O)OCC(=O)N(C)Cc1ccccc1C. The molecule has 2 aromatic carbocycles. The predicted molar refractivity (Wildman–Crippen MR) is 102 cm³/mol. The van der Waals surface area contributed by atoms with Crippen molar-refractivity contribution < 1.29 is 27.5 Å². The van der Waals surface area contributed by atoms with E-state index >= 15 is 0 Å². The molecule has 0 saturated carbocycles. The van der Waals surface area contributed by atoms with Crippen LogP contribution in [0.25, 0.3) is 0 Å². The van der Waals surface area contributed by atoms with E-state index in [1.54, 1.807) is 7.05 Å². The highest BCUT2D eigenvalue weighted by atomic mass is 32.2. The Morgan fingerprint density at radius 1 is 1.14 bits per heavy atom. The minimum Gasteiger partial charge on any atom is -0.496 e. The molecule has 2 N–H and O–H groups in total. The highest BCUT2D eigenvalue weighted by Gasteiger charge is 2.20. The fraction of sp³-hybridized carbons (Fsp3) is 0.263. The number of carbonyl (C=O) groups excluding carboxylic acids is 2. The number of benzene rings is 2. The van der Waals surface area contributed by atoms with Crippen LogP contribution >= 0.6 is 0 Å². The molecular formula is C19H22N2O6S. The van der Waals surface area contributed by atoms with Gasteiger partial charge in [-0.15, -0.1) is 0 Å². The topological polar surface area (TPSA) is 116 Å². The molecular weight excluding hydrogens is 384 g/mol. The van der Waals surface area contributed by atoms with Crippen LogP contribution < -0.4 is 9.88 Å². The average Bonchev–Trinajstić information content (AvgIpc) is 2.66. The van der Waals surface area contributed by atoms with Gasteiger partial charge in [0.05, 0.1) is 12.0 Å². The van der Waals surface area contributed by atoms with Crippen molar-refractivity contribution in [2.45, 2.75) is 18.4 Å². The molecule has 0 unspecified atom stereocenters. The van der Waals surface area contributed by atoms with Gasteiger partial charge in [0.1, 0.15) is 11.3 Å². The van der Waals surface area contributed by atoms with Crippen LogP contribution in [-0.2, 0) is 26.1 Å². The van der Waals surface area contributed by atoms with Crippen molar-refractivity contribution in [2.24, 2.45) is 5.14 Å². The number of nitrogens with two attached hydrogens (primary N) is 1. The quantitative estimate of drug-likeness (QED) is 0.696. The van der Waals surface area contributed by atoms with E-state index in [4.69, 9.17) is 14.6 Å². The summed E-state index contributed by atoms with van der Waals surface area (Å²) in [6, 6.07) is 11.2. The van der Waals surface area contributed by atoms with E-state index in [9.17, 15) is 18.0 Å². The molecule has 9 heteroatoms. The number of rotatable bonds is 7. The van der Waals surface area contributed by atoms with Gasteiger partial charge in [-0.3, -0.25) is 4.79 Å². The van der Waals surface area contributed by atoms with Crippen LogP contribution in [0.1, 0.15) is 21.5 Å². The fourth-order valence-corrected chi connectivity index (χ4v) is 3.01. The largest absolute Gasteiger partial charge is 0.496 e. The van der Waals surface area contributed by atoms with Crippen molar-refractivity contribution in [3.8, 4) is 5.75 Å². The molecule has 2 aromatic rings. The third kappa shape index (κ3) is 5.30. The molecule has 0 aliphatic heterocycles. The fourth-order valence-electron chi connectivity index (χ4n) is 2.47. The Hall–Kier alpha value is -2.91. The number of amides is 1. The summed E-state index contributed by atoms with van der Waals surface area (Å²) in [7, 11) is -1.08. The lowest BCUT2D eigenvalue weighted by Gasteiger charge is -2.18. The van der Waals surface area contributed by atoms with Gasteiger partial charge in [0.15, 0.2) is 6.61 Å². The number of esters is 1. The Kier molecular flexibility index (Phi) is 6.76. The Labute approximate surface area is 163 Å². The number of sulfonamides is 1. The van der Waals surface area contributed by atoms with Gasteiger partial charge in [-0.25, -0.2) is 18.4 Å². The molecule has 0 bridgehead atoms. The molecule has 0 aliphatic carbocycles. The van der Waals surface area contributed by atoms with Crippen molar-refractivity contribution in [1.29, 1.82) is 0 Å². The maximum atomic E-state index is 12.3. The van der Waals surface area contributed by atoms with Gasteiger partial charge in [-0.1, -0.05) is 24.3 Å². The van der Waals surface area contributed by atoms with E-state index in [2.05, 4.69) is 0 Å². The molecule has 0 radical (unpaired) electrons. The Bertz CT molecular complexity index is 988. The lowest BCUT2D eigenvalue weighted by Crippen LogP contribution is -2.31. The Morgan fingerprint density at radius 2 is 1.82 bits per heavy atom. The first-order valence-electron chi connectivity index (χ1n) is 8.30.